The number of rotatable bonds is 2. The van der Waals surface area contributed by atoms with Crippen LogP contribution in [0.3, 0.4) is 0 Å². The van der Waals surface area contributed by atoms with Gasteiger partial charge in [-0.25, -0.2) is 4.39 Å². The van der Waals surface area contributed by atoms with Gasteiger partial charge in [-0.05, 0) is 30.3 Å². The van der Waals surface area contributed by atoms with Crippen LogP contribution in [-0.4, -0.2) is 10.1 Å². The van der Waals surface area contributed by atoms with E-state index in [1.54, 1.807) is 12.1 Å². The summed E-state index contributed by atoms with van der Waals surface area (Å²) in [6, 6.07) is 13.6. The maximum atomic E-state index is 13.1. The van der Waals surface area contributed by atoms with E-state index in [4.69, 9.17) is 4.52 Å². The molecule has 19 heavy (non-hydrogen) atoms. The van der Waals surface area contributed by atoms with E-state index in [1.165, 1.54) is 12.1 Å². The van der Waals surface area contributed by atoms with Crippen molar-refractivity contribution in [1.82, 2.24) is 10.1 Å². The zero-order valence-electron chi connectivity index (χ0n) is 9.68. The first-order valence-electron chi connectivity index (χ1n) is 5.58. The Labute approximate surface area is 117 Å². The van der Waals surface area contributed by atoms with Gasteiger partial charge >= 0.3 is 0 Å². The second kappa shape index (κ2) is 4.93. The highest BCUT2D eigenvalue weighted by atomic mass is 79.9. The molecule has 3 rings (SSSR count). The van der Waals surface area contributed by atoms with Crippen LogP contribution in [0.5, 0.6) is 0 Å². The van der Waals surface area contributed by atoms with Crippen LogP contribution in [0.1, 0.15) is 0 Å². The summed E-state index contributed by atoms with van der Waals surface area (Å²) in [5.41, 5.74) is 1.40. The lowest BCUT2D eigenvalue weighted by atomic mass is 10.2. The Hall–Kier alpha value is -2.01. The fourth-order valence-electron chi connectivity index (χ4n) is 1.71. The van der Waals surface area contributed by atoms with E-state index >= 15 is 0 Å². The van der Waals surface area contributed by atoms with E-state index in [9.17, 15) is 4.39 Å². The summed E-state index contributed by atoms with van der Waals surface area (Å²) >= 11 is 3.38. The smallest absolute Gasteiger partial charge is 0.258 e. The molecule has 0 amide bonds. The molecule has 0 fully saturated rings. The van der Waals surface area contributed by atoms with Crippen molar-refractivity contribution in [3.8, 4) is 22.8 Å². The summed E-state index contributed by atoms with van der Waals surface area (Å²) in [6.45, 7) is 0. The zero-order valence-corrected chi connectivity index (χ0v) is 11.3. The number of halogens is 2. The van der Waals surface area contributed by atoms with Gasteiger partial charge in [-0.3, -0.25) is 0 Å². The van der Waals surface area contributed by atoms with E-state index in [2.05, 4.69) is 26.1 Å². The Kier molecular flexibility index (Phi) is 3.13. The summed E-state index contributed by atoms with van der Waals surface area (Å²) in [5.74, 6) is 0.440. The fraction of sp³-hybridized carbons (Fsp3) is 0. The lowest BCUT2D eigenvalue weighted by Crippen LogP contribution is -1.82. The van der Waals surface area contributed by atoms with Crippen molar-refractivity contribution in [3.05, 3.63) is 58.8 Å². The highest BCUT2D eigenvalue weighted by molar-refractivity contribution is 9.10. The van der Waals surface area contributed by atoms with Gasteiger partial charge in [-0.2, -0.15) is 4.98 Å². The predicted octanol–water partition coefficient (Wildman–Crippen LogP) is 4.31. The largest absolute Gasteiger partial charge is 0.334 e. The van der Waals surface area contributed by atoms with Gasteiger partial charge in [0.15, 0.2) is 0 Å². The van der Waals surface area contributed by atoms with Gasteiger partial charge in [0.05, 0.1) is 0 Å². The minimum atomic E-state index is -0.334. The van der Waals surface area contributed by atoms with Crippen LogP contribution in [0.15, 0.2) is 57.5 Å². The molecular formula is C14H8BrFN2O. The van der Waals surface area contributed by atoms with Crippen molar-refractivity contribution < 1.29 is 8.91 Å². The molecule has 0 unspecified atom stereocenters. The monoisotopic (exact) mass is 318 g/mol. The molecule has 0 bridgehead atoms. The first kappa shape index (κ1) is 12.0. The summed E-state index contributed by atoms with van der Waals surface area (Å²) in [6.07, 6.45) is 0. The third-order valence-electron chi connectivity index (χ3n) is 2.58. The average molecular weight is 319 g/mol. The number of nitrogens with zero attached hydrogens (tertiary/aromatic N) is 2. The van der Waals surface area contributed by atoms with E-state index in [1.807, 2.05) is 24.3 Å². The van der Waals surface area contributed by atoms with Crippen molar-refractivity contribution in [2.75, 3.05) is 0 Å². The Bertz CT molecular complexity index is 667. The summed E-state index contributed by atoms with van der Waals surface area (Å²) in [7, 11) is 0. The van der Waals surface area contributed by atoms with E-state index in [-0.39, 0.29) is 5.82 Å². The van der Waals surface area contributed by atoms with Gasteiger partial charge in [0.1, 0.15) is 5.82 Å². The Balaban J connectivity index is 2.00. The van der Waals surface area contributed by atoms with Crippen molar-refractivity contribution in [2.45, 2.75) is 0 Å². The molecule has 1 heterocycles. The lowest BCUT2D eigenvalue weighted by Gasteiger charge is -1.94. The average Bonchev–Trinajstić information content (AvgIpc) is 2.88. The highest BCUT2D eigenvalue weighted by Gasteiger charge is 2.11. The number of aromatic nitrogens is 2. The zero-order chi connectivity index (χ0) is 13.2. The van der Waals surface area contributed by atoms with Gasteiger partial charge in [-0.1, -0.05) is 39.3 Å². The van der Waals surface area contributed by atoms with Crippen molar-refractivity contribution in [3.63, 3.8) is 0 Å². The fourth-order valence-corrected chi connectivity index (χ4v) is 2.11. The van der Waals surface area contributed by atoms with Crippen molar-refractivity contribution >= 4 is 15.9 Å². The first-order valence-corrected chi connectivity index (χ1v) is 6.37. The normalized spacial score (nSPS) is 10.6. The van der Waals surface area contributed by atoms with E-state index in [0.717, 1.165) is 10.0 Å². The molecule has 0 atom stereocenters. The third-order valence-corrected chi connectivity index (χ3v) is 3.07. The molecule has 0 radical (unpaired) electrons. The number of hydrogen-bond donors (Lipinski definition) is 0. The summed E-state index contributed by atoms with van der Waals surface area (Å²) in [5, 5.41) is 3.90. The molecule has 94 valence electrons. The van der Waals surface area contributed by atoms with Gasteiger partial charge in [0, 0.05) is 15.6 Å². The van der Waals surface area contributed by atoms with Crippen LogP contribution >= 0.6 is 15.9 Å². The summed E-state index contributed by atoms with van der Waals surface area (Å²) < 4.78 is 19.2. The Morgan fingerprint density at radius 2 is 1.79 bits per heavy atom. The SMILES string of the molecule is Fc1cccc(-c2nc(-c3cccc(Br)c3)no2)c1. The topological polar surface area (TPSA) is 38.9 Å². The van der Waals surface area contributed by atoms with Crippen molar-refractivity contribution in [2.24, 2.45) is 0 Å². The molecule has 3 aromatic rings. The second-order valence-corrected chi connectivity index (χ2v) is 4.86. The van der Waals surface area contributed by atoms with Gasteiger partial charge in [-0.15, -0.1) is 0 Å². The van der Waals surface area contributed by atoms with Crippen LogP contribution < -0.4 is 0 Å². The molecule has 0 saturated heterocycles. The standard InChI is InChI=1S/C14H8BrFN2O/c15-11-5-1-3-9(7-11)13-17-14(19-18-13)10-4-2-6-12(16)8-10/h1-8H. The first-order chi connectivity index (χ1) is 9.22. The molecule has 2 aromatic carbocycles. The number of hydrogen-bond acceptors (Lipinski definition) is 3. The van der Waals surface area contributed by atoms with Crippen LogP contribution in [0.25, 0.3) is 22.8 Å². The number of benzene rings is 2. The van der Waals surface area contributed by atoms with Gasteiger partial charge < -0.3 is 4.52 Å². The Morgan fingerprint density at radius 1 is 1.00 bits per heavy atom. The van der Waals surface area contributed by atoms with Crippen LogP contribution in [-0.2, 0) is 0 Å². The summed E-state index contributed by atoms with van der Waals surface area (Å²) in [4.78, 5) is 4.27. The maximum absolute atomic E-state index is 13.1. The molecule has 0 aliphatic rings. The van der Waals surface area contributed by atoms with Crippen molar-refractivity contribution in [1.29, 1.82) is 0 Å². The molecule has 1 aromatic heterocycles. The highest BCUT2D eigenvalue weighted by Crippen LogP contribution is 2.24. The lowest BCUT2D eigenvalue weighted by molar-refractivity contribution is 0.432. The minimum absolute atomic E-state index is 0.300. The molecule has 0 N–H and O–H groups in total. The Morgan fingerprint density at radius 3 is 2.58 bits per heavy atom. The quantitative estimate of drug-likeness (QED) is 0.707. The molecule has 0 spiro atoms. The molecular weight excluding hydrogens is 311 g/mol. The van der Waals surface area contributed by atoms with Gasteiger partial charge in [0.2, 0.25) is 5.82 Å². The van der Waals surface area contributed by atoms with Crippen LogP contribution in [0.4, 0.5) is 4.39 Å². The molecule has 5 heteroatoms. The molecule has 0 saturated carbocycles. The molecule has 3 nitrogen and oxygen atoms in total. The van der Waals surface area contributed by atoms with Crippen LogP contribution in [0, 0.1) is 5.82 Å². The predicted molar refractivity (Wildman–Crippen MR) is 72.8 cm³/mol. The third kappa shape index (κ3) is 2.56. The minimum Gasteiger partial charge on any atom is -0.334 e. The second-order valence-electron chi connectivity index (χ2n) is 3.94. The van der Waals surface area contributed by atoms with E-state index in [0.29, 0.717) is 17.3 Å². The maximum Gasteiger partial charge on any atom is 0.258 e. The van der Waals surface area contributed by atoms with Gasteiger partial charge in [0.25, 0.3) is 5.89 Å². The van der Waals surface area contributed by atoms with E-state index < -0.39 is 0 Å². The molecule has 0 aliphatic carbocycles. The van der Waals surface area contributed by atoms with Crippen LogP contribution in [0.2, 0.25) is 0 Å². The molecule has 0 aliphatic heterocycles.